The van der Waals surface area contributed by atoms with Crippen LogP contribution in [0.4, 0.5) is 0 Å². The van der Waals surface area contributed by atoms with Gasteiger partial charge in [0.05, 0.1) is 0 Å². The van der Waals surface area contributed by atoms with Gasteiger partial charge in [-0.2, -0.15) is 0 Å². The van der Waals surface area contributed by atoms with Gasteiger partial charge in [0.15, 0.2) is 0 Å². The first kappa shape index (κ1) is 11.6. The molecule has 1 saturated heterocycles. The average Bonchev–Trinajstić information content (AvgIpc) is 2.33. The van der Waals surface area contributed by atoms with Crippen molar-refractivity contribution in [2.45, 2.75) is 25.8 Å². The maximum Gasteiger partial charge on any atom is 0.0180 e. The molecule has 0 unspecified atom stereocenters. The average molecular weight is 218 g/mol. The summed E-state index contributed by atoms with van der Waals surface area (Å²) in [5, 5.41) is 0. The van der Waals surface area contributed by atoms with E-state index in [2.05, 4.69) is 36.2 Å². The highest BCUT2D eigenvalue weighted by Crippen LogP contribution is 2.22. The summed E-state index contributed by atoms with van der Waals surface area (Å²) in [6.45, 7) is 3.16. The molecule has 1 aromatic rings. The Bertz CT molecular complexity index is 327. The van der Waals surface area contributed by atoms with Gasteiger partial charge in [0.25, 0.3) is 0 Å². The number of hydrogen-bond donors (Lipinski definition) is 1. The molecular formula is C14H22N2. The molecule has 0 saturated carbocycles. The van der Waals surface area contributed by atoms with Crippen molar-refractivity contribution in [3.63, 3.8) is 0 Å². The van der Waals surface area contributed by atoms with Crippen molar-refractivity contribution in [3.8, 4) is 0 Å². The predicted octanol–water partition coefficient (Wildman–Crippen LogP) is 2.03. The molecule has 2 heteroatoms. The number of likely N-dealkylation sites (tertiary alicyclic amines) is 1. The van der Waals surface area contributed by atoms with Crippen molar-refractivity contribution in [3.05, 3.63) is 35.4 Å². The molecule has 2 nitrogen and oxygen atoms in total. The molecule has 2 N–H and O–H groups in total. The molecule has 16 heavy (non-hydrogen) atoms. The summed E-state index contributed by atoms with van der Waals surface area (Å²) < 4.78 is 0. The summed E-state index contributed by atoms with van der Waals surface area (Å²) in [6.07, 6.45) is 3.87. The van der Waals surface area contributed by atoms with E-state index in [0.717, 1.165) is 5.92 Å². The Hall–Kier alpha value is -0.860. The van der Waals surface area contributed by atoms with Crippen LogP contribution in [-0.2, 0) is 13.0 Å². The quantitative estimate of drug-likeness (QED) is 0.841. The molecule has 1 aromatic carbocycles. The molecule has 88 valence electrons. The van der Waals surface area contributed by atoms with Gasteiger partial charge in [-0.05, 0) is 56.4 Å². The molecule has 1 heterocycles. The number of piperidine rings is 1. The van der Waals surface area contributed by atoms with E-state index < -0.39 is 0 Å². The fraction of sp³-hybridized carbons (Fsp3) is 0.571. The molecule has 0 atom stereocenters. The predicted molar refractivity (Wildman–Crippen MR) is 68.3 cm³/mol. The van der Waals surface area contributed by atoms with Crippen molar-refractivity contribution in [2.24, 2.45) is 11.7 Å². The number of nitrogens with zero attached hydrogens (tertiary/aromatic N) is 1. The van der Waals surface area contributed by atoms with Crippen LogP contribution in [0.15, 0.2) is 24.3 Å². The van der Waals surface area contributed by atoms with Crippen molar-refractivity contribution < 1.29 is 0 Å². The zero-order chi connectivity index (χ0) is 11.4. The van der Waals surface area contributed by atoms with Crippen LogP contribution < -0.4 is 5.73 Å². The minimum atomic E-state index is 0.669. The number of hydrogen-bond acceptors (Lipinski definition) is 2. The van der Waals surface area contributed by atoms with Gasteiger partial charge in [0.2, 0.25) is 0 Å². The van der Waals surface area contributed by atoms with Crippen LogP contribution in [-0.4, -0.2) is 25.0 Å². The summed E-state index contributed by atoms with van der Waals surface area (Å²) in [4.78, 5) is 2.42. The molecule has 0 bridgehead atoms. The minimum absolute atomic E-state index is 0.669. The van der Waals surface area contributed by atoms with Gasteiger partial charge in [-0.15, -0.1) is 0 Å². The summed E-state index contributed by atoms with van der Waals surface area (Å²) >= 11 is 0. The second-order valence-electron chi connectivity index (χ2n) is 4.92. The van der Waals surface area contributed by atoms with Gasteiger partial charge < -0.3 is 10.6 Å². The molecule has 1 aliphatic rings. The monoisotopic (exact) mass is 218 g/mol. The Kier molecular flexibility index (Phi) is 3.97. The van der Waals surface area contributed by atoms with Gasteiger partial charge in [-0.25, -0.2) is 0 Å². The highest BCUT2D eigenvalue weighted by Gasteiger charge is 2.17. The van der Waals surface area contributed by atoms with E-state index >= 15 is 0 Å². The first-order valence-corrected chi connectivity index (χ1v) is 6.25. The van der Waals surface area contributed by atoms with Gasteiger partial charge >= 0.3 is 0 Å². The largest absolute Gasteiger partial charge is 0.326 e. The van der Waals surface area contributed by atoms with Crippen molar-refractivity contribution in [2.75, 3.05) is 20.1 Å². The summed E-state index contributed by atoms with van der Waals surface area (Å²) in [6, 6.07) is 8.61. The zero-order valence-corrected chi connectivity index (χ0v) is 10.2. The zero-order valence-electron chi connectivity index (χ0n) is 10.2. The van der Waals surface area contributed by atoms with Crippen molar-refractivity contribution in [1.29, 1.82) is 0 Å². The molecule has 0 radical (unpaired) electrons. The lowest BCUT2D eigenvalue weighted by Gasteiger charge is -2.29. The van der Waals surface area contributed by atoms with Gasteiger partial charge in [-0.3, -0.25) is 0 Å². The summed E-state index contributed by atoms with van der Waals surface area (Å²) in [5.41, 5.74) is 8.55. The third-order valence-electron chi connectivity index (χ3n) is 3.69. The van der Waals surface area contributed by atoms with Crippen molar-refractivity contribution in [1.82, 2.24) is 4.90 Å². The van der Waals surface area contributed by atoms with Crippen LogP contribution in [0.3, 0.4) is 0 Å². The van der Waals surface area contributed by atoms with Crippen molar-refractivity contribution >= 4 is 0 Å². The third kappa shape index (κ3) is 2.83. The summed E-state index contributed by atoms with van der Waals surface area (Å²) in [5.74, 6) is 0.851. The molecule has 0 aliphatic carbocycles. The molecule has 0 spiro atoms. The maximum atomic E-state index is 5.77. The third-order valence-corrected chi connectivity index (χ3v) is 3.69. The van der Waals surface area contributed by atoms with Crippen LogP contribution in [0.25, 0.3) is 0 Å². The van der Waals surface area contributed by atoms with Crippen LogP contribution in [0.1, 0.15) is 24.0 Å². The molecule has 0 amide bonds. The molecule has 0 aromatic heterocycles. The fourth-order valence-electron chi connectivity index (χ4n) is 2.53. The number of rotatable bonds is 3. The lowest BCUT2D eigenvalue weighted by atomic mass is 9.88. The van der Waals surface area contributed by atoms with Crippen LogP contribution in [0, 0.1) is 5.92 Å². The number of nitrogens with two attached hydrogens (primary N) is 1. The minimum Gasteiger partial charge on any atom is -0.326 e. The Morgan fingerprint density at radius 2 is 1.81 bits per heavy atom. The second-order valence-corrected chi connectivity index (χ2v) is 4.92. The lowest BCUT2D eigenvalue weighted by Crippen LogP contribution is -2.31. The smallest absolute Gasteiger partial charge is 0.0180 e. The van der Waals surface area contributed by atoms with Gasteiger partial charge in [0.1, 0.15) is 0 Å². The first-order chi connectivity index (χ1) is 7.79. The Morgan fingerprint density at radius 1 is 1.19 bits per heavy atom. The molecule has 2 rings (SSSR count). The normalized spacial score (nSPS) is 18.9. The van der Waals surface area contributed by atoms with E-state index in [1.54, 1.807) is 0 Å². The van der Waals surface area contributed by atoms with Crippen LogP contribution in [0.2, 0.25) is 0 Å². The topological polar surface area (TPSA) is 29.3 Å². The standard InChI is InChI=1S/C14H22N2/c1-16-8-6-12(7-9-16)10-13-4-2-3-5-14(13)11-15/h2-5,12H,6-11,15H2,1H3. The van der Waals surface area contributed by atoms with Gasteiger partial charge in [-0.1, -0.05) is 24.3 Å². The highest BCUT2D eigenvalue weighted by atomic mass is 15.1. The van der Waals surface area contributed by atoms with Crippen LogP contribution in [0.5, 0.6) is 0 Å². The molecule has 1 aliphatic heterocycles. The number of benzene rings is 1. The Morgan fingerprint density at radius 3 is 2.44 bits per heavy atom. The van der Waals surface area contributed by atoms with E-state index in [1.807, 2.05) is 0 Å². The highest BCUT2D eigenvalue weighted by molar-refractivity contribution is 5.27. The van der Waals surface area contributed by atoms with E-state index in [1.165, 1.54) is 43.5 Å². The SMILES string of the molecule is CN1CCC(Cc2ccccc2CN)CC1. The first-order valence-electron chi connectivity index (χ1n) is 6.25. The fourth-order valence-corrected chi connectivity index (χ4v) is 2.53. The second kappa shape index (κ2) is 5.46. The van der Waals surface area contributed by atoms with Gasteiger partial charge in [0, 0.05) is 6.54 Å². The van der Waals surface area contributed by atoms with E-state index in [4.69, 9.17) is 5.73 Å². The van der Waals surface area contributed by atoms with E-state index in [9.17, 15) is 0 Å². The van der Waals surface area contributed by atoms with E-state index in [-0.39, 0.29) is 0 Å². The van der Waals surface area contributed by atoms with Crippen LogP contribution >= 0.6 is 0 Å². The molecule has 1 fully saturated rings. The molecular weight excluding hydrogens is 196 g/mol. The Balaban J connectivity index is 1.98. The van der Waals surface area contributed by atoms with E-state index in [0.29, 0.717) is 6.54 Å². The summed E-state index contributed by atoms with van der Waals surface area (Å²) in [7, 11) is 2.21. The Labute approximate surface area is 98.4 Å². The lowest BCUT2D eigenvalue weighted by molar-refractivity contribution is 0.219. The maximum absolute atomic E-state index is 5.77.